The second kappa shape index (κ2) is 8.12. The van der Waals surface area contributed by atoms with Gasteiger partial charge >= 0.3 is 0 Å². The van der Waals surface area contributed by atoms with Gasteiger partial charge in [0.1, 0.15) is 11.3 Å². The molecule has 5 saturated carbocycles. The zero-order valence-corrected chi connectivity index (χ0v) is 19.1. The molecule has 7 nitrogen and oxygen atoms in total. The van der Waals surface area contributed by atoms with Gasteiger partial charge in [-0.3, -0.25) is 9.59 Å². The van der Waals surface area contributed by atoms with E-state index in [1.165, 1.54) is 38.5 Å². The summed E-state index contributed by atoms with van der Waals surface area (Å²) in [6.45, 7) is 0. The SMILES string of the molecule is O=C(CC12CC3CC(CC(C3)C1)C2)NC1CC(NC(=O)c2cn3ccccc3n2)CCC1O. The molecular formula is C26H34N4O3. The second-order valence-electron chi connectivity index (χ2n) is 11.4. The lowest BCUT2D eigenvalue weighted by Gasteiger charge is -2.56. The topological polar surface area (TPSA) is 95.7 Å². The Balaban J connectivity index is 1.06. The van der Waals surface area contributed by atoms with E-state index >= 15 is 0 Å². The molecule has 2 aromatic rings. The van der Waals surface area contributed by atoms with Crippen molar-refractivity contribution in [3.63, 3.8) is 0 Å². The first-order valence-electron chi connectivity index (χ1n) is 12.7. The Labute approximate surface area is 194 Å². The average Bonchev–Trinajstić information content (AvgIpc) is 3.19. The average molecular weight is 451 g/mol. The van der Waals surface area contributed by atoms with Gasteiger partial charge in [-0.25, -0.2) is 4.98 Å². The number of rotatable bonds is 5. The van der Waals surface area contributed by atoms with Crippen LogP contribution in [-0.2, 0) is 4.79 Å². The molecule has 3 atom stereocenters. The van der Waals surface area contributed by atoms with Crippen molar-refractivity contribution in [2.24, 2.45) is 23.2 Å². The van der Waals surface area contributed by atoms with Crippen molar-refractivity contribution in [1.29, 1.82) is 0 Å². The number of hydrogen-bond acceptors (Lipinski definition) is 4. The summed E-state index contributed by atoms with van der Waals surface area (Å²) < 4.78 is 1.83. The normalized spacial score (nSPS) is 37.2. The van der Waals surface area contributed by atoms with Crippen LogP contribution in [0.25, 0.3) is 5.65 Å². The molecule has 33 heavy (non-hydrogen) atoms. The van der Waals surface area contributed by atoms with Gasteiger partial charge in [0.15, 0.2) is 0 Å². The summed E-state index contributed by atoms with van der Waals surface area (Å²) in [5.41, 5.74) is 1.31. The number of amides is 2. The highest BCUT2D eigenvalue weighted by atomic mass is 16.3. The maximum atomic E-state index is 13.1. The third-order valence-corrected chi connectivity index (χ3v) is 8.79. The van der Waals surface area contributed by atoms with Gasteiger partial charge in [0.05, 0.1) is 12.1 Å². The van der Waals surface area contributed by atoms with Crippen LogP contribution >= 0.6 is 0 Å². The van der Waals surface area contributed by atoms with Gasteiger partial charge in [0.25, 0.3) is 5.91 Å². The molecule has 3 N–H and O–H groups in total. The fourth-order valence-corrected chi connectivity index (χ4v) is 7.85. The van der Waals surface area contributed by atoms with Gasteiger partial charge in [-0.2, -0.15) is 0 Å². The molecule has 2 heterocycles. The molecule has 2 amide bonds. The molecule has 0 saturated heterocycles. The lowest BCUT2D eigenvalue weighted by molar-refractivity contribution is -0.131. The Morgan fingerprint density at radius 3 is 2.45 bits per heavy atom. The Kier molecular flexibility index (Phi) is 5.20. The van der Waals surface area contributed by atoms with E-state index in [0.29, 0.717) is 31.4 Å². The smallest absolute Gasteiger partial charge is 0.271 e. The lowest BCUT2D eigenvalue weighted by atomic mass is 9.49. The molecule has 3 unspecified atom stereocenters. The number of fused-ring (bicyclic) bond motifs is 1. The summed E-state index contributed by atoms with van der Waals surface area (Å²) in [6, 6.07) is 5.25. The largest absolute Gasteiger partial charge is 0.391 e. The van der Waals surface area contributed by atoms with Crippen LogP contribution in [0.2, 0.25) is 0 Å². The number of nitrogens with zero attached hydrogens (tertiary/aromatic N) is 2. The highest BCUT2D eigenvalue weighted by molar-refractivity contribution is 5.93. The van der Waals surface area contributed by atoms with Crippen LogP contribution < -0.4 is 10.6 Å². The Morgan fingerprint density at radius 1 is 1.03 bits per heavy atom. The minimum absolute atomic E-state index is 0.0772. The summed E-state index contributed by atoms with van der Waals surface area (Å²) in [6.07, 6.45) is 13.2. The summed E-state index contributed by atoms with van der Waals surface area (Å²) in [5.74, 6) is 2.34. The van der Waals surface area contributed by atoms with Crippen molar-refractivity contribution >= 4 is 17.5 Å². The van der Waals surface area contributed by atoms with Crippen molar-refractivity contribution in [3.05, 3.63) is 36.3 Å². The first-order valence-corrected chi connectivity index (χ1v) is 12.7. The summed E-state index contributed by atoms with van der Waals surface area (Å²) in [5, 5.41) is 16.8. The van der Waals surface area contributed by atoms with E-state index in [9.17, 15) is 14.7 Å². The Hall–Kier alpha value is -2.41. The third kappa shape index (κ3) is 4.16. The highest BCUT2D eigenvalue weighted by Crippen LogP contribution is 2.61. The number of aliphatic hydroxyl groups excluding tert-OH is 1. The summed E-state index contributed by atoms with van der Waals surface area (Å²) >= 11 is 0. The maximum Gasteiger partial charge on any atom is 0.271 e. The van der Waals surface area contributed by atoms with Gasteiger partial charge in [0, 0.05) is 24.9 Å². The minimum atomic E-state index is -0.561. The zero-order valence-electron chi connectivity index (χ0n) is 19.1. The predicted octanol–water partition coefficient (Wildman–Crippen LogP) is 3.07. The number of aromatic nitrogens is 2. The lowest BCUT2D eigenvalue weighted by Crippen LogP contribution is -2.54. The number of hydrogen-bond donors (Lipinski definition) is 3. The summed E-state index contributed by atoms with van der Waals surface area (Å²) in [4.78, 5) is 30.2. The number of pyridine rings is 1. The van der Waals surface area contributed by atoms with E-state index in [4.69, 9.17) is 0 Å². The van der Waals surface area contributed by atoms with Gasteiger partial charge in [-0.1, -0.05) is 6.07 Å². The first kappa shape index (κ1) is 21.1. The van der Waals surface area contributed by atoms with Crippen molar-refractivity contribution < 1.29 is 14.7 Å². The summed E-state index contributed by atoms with van der Waals surface area (Å²) in [7, 11) is 0. The molecule has 0 radical (unpaired) electrons. The molecular weight excluding hydrogens is 416 g/mol. The van der Waals surface area contributed by atoms with E-state index in [-0.39, 0.29) is 29.3 Å². The van der Waals surface area contributed by atoms with Crippen LogP contribution in [0.3, 0.4) is 0 Å². The molecule has 5 fully saturated rings. The second-order valence-corrected chi connectivity index (χ2v) is 11.4. The van der Waals surface area contributed by atoms with Crippen molar-refractivity contribution in [1.82, 2.24) is 20.0 Å². The molecule has 0 aromatic carbocycles. The zero-order chi connectivity index (χ0) is 22.6. The van der Waals surface area contributed by atoms with Gasteiger partial charge in [0.2, 0.25) is 5.91 Å². The molecule has 7 heteroatoms. The molecule has 5 aliphatic rings. The van der Waals surface area contributed by atoms with E-state index in [1.54, 1.807) is 6.20 Å². The van der Waals surface area contributed by atoms with Crippen LogP contribution in [0.4, 0.5) is 0 Å². The molecule has 5 aliphatic carbocycles. The quantitative estimate of drug-likeness (QED) is 0.652. The van der Waals surface area contributed by atoms with E-state index < -0.39 is 6.10 Å². The maximum absolute atomic E-state index is 13.1. The van der Waals surface area contributed by atoms with Crippen LogP contribution in [-0.4, -0.2) is 44.5 Å². The van der Waals surface area contributed by atoms with Gasteiger partial charge in [-0.15, -0.1) is 0 Å². The number of aliphatic hydroxyl groups is 1. The molecule has 2 aromatic heterocycles. The molecule has 176 valence electrons. The molecule has 0 spiro atoms. The third-order valence-electron chi connectivity index (χ3n) is 8.79. The fraction of sp³-hybridized carbons (Fsp3) is 0.654. The van der Waals surface area contributed by atoms with E-state index in [0.717, 1.165) is 23.4 Å². The van der Waals surface area contributed by atoms with Gasteiger partial charge in [-0.05, 0) is 93.1 Å². The van der Waals surface area contributed by atoms with Crippen molar-refractivity contribution in [2.45, 2.75) is 82.4 Å². The van der Waals surface area contributed by atoms with Gasteiger partial charge < -0.3 is 20.1 Å². The molecule has 0 aliphatic heterocycles. The number of carbonyl (C=O) groups is 2. The van der Waals surface area contributed by atoms with Crippen LogP contribution in [0.5, 0.6) is 0 Å². The molecule has 7 rings (SSSR count). The van der Waals surface area contributed by atoms with Crippen LogP contribution in [0, 0.1) is 23.2 Å². The van der Waals surface area contributed by atoms with Crippen LogP contribution in [0.1, 0.15) is 74.7 Å². The fourth-order valence-electron chi connectivity index (χ4n) is 7.85. The Morgan fingerprint density at radius 2 is 1.76 bits per heavy atom. The Bertz CT molecular complexity index is 994. The monoisotopic (exact) mass is 450 g/mol. The predicted molar refractivity (Wildman–Crippen MR) is 123 cm³/mol. The van der Waals surface area contributed by atoms with E-state index in [1.807, 2.05) is 28.8 Å². The number of carbonyl (C=O) groups excluding carboxylic acids is 2. The number of nitrogens with one attached hydrogen (secondary N) is 2. The highest BCUT2D eigenvalue weighted by Gasteiger charge is 2.51. The number of imidazole rings is 1. The molecule has 4 bridgehead atoms. The standard InChI is InChI=1S/C26H34N4O3/c31-22-5-4-19(27-25(33)21-15-30-6-2-1-3-23(30)28-21)10-20(22)29-24(32)14-26-11-16-7-17(12-26)9-18(8-16)13-26/h1-3,6,15-20,22,31H,4-5,7-14H2,(H,27,33)(H,29,32). The van der Waals surface area contributed by atoms with Crippen molar-refractivity contribution in [3.8, 4) is 0 Å². The first-order chi connectivity index (χ1) is 15.9. The minimum Gasteiger partial charge on any atom is -0.391 e. The van der Waals surface area contributed by atoms with Crippen molar-refractivity contribution in [2.75, 3.05) is 0 Å². The van der Waals surface area contributed by atoms with E-state index in [2.05, 4.69) is 15.6 Å². The van der Waals surface area contributed by atoms with Crippen LogP contribution in [0.15, 0.2) is 30.6 Å².